The molecular weight excluding hydrogens is 743 g/mol. The summed E-state index contributed by atoms with van der Waals surface area (Å²) < 4.78 is 79.6. The predicted molar refractivity (Wildman–Crippen MR) is 177 cm³/mol. The van der Waals surface area contributed by atoms with E-state index < -0.39 is 58.6 Å². The number of esters is 3. The highest BCUT2D eigenvalue weighted by molar-refractivity contribution is 7.93. The average molecular weight is 777 g/mol. The van der Waals surface area contributed by atoms with E-state index in [0.29, 0.717) is 4.73 Å². The van der Waals surface area contributed by atoms with E-state index in [9.17, 15) is 36.8 Å². The zero-order chi connectivity index (χ0) is 37.5. The second kappa shape index (κ2) is 16.7. The highest BCUT2D eigenvalue weighted by atomic mass is 35.5. The number of nitrogens with one attached hydrogen (secondary N) is 1. The van der Waals surface area contributed by atoms with Crippen LogP contribution in [0.2, 0.25) is 10.0 Å². The molecule has 51 heavy (non-hydrogen) atoms. The van der Waals surface area contributed by atoms with Gasteiger partial charge in [-0.05, 0) is 69.4 Å². The Hall–Kier alpha value is -4.48. The lowest BCUT2D eigenvalue weighted by atomic mass is 10.0. The summed E-state index contributed by atoms with van der Waals surface area (Å²) >= 11 is 12.5. The van der Waals surface area contributed by atoms with Crippen molar-refractivity contribution >= 4 is 57.0 Å². The maximum absolute atomic E-state index is 13.1. The number of sulfonamides is 1. The zero-order valence-electron chi connectivity index (χ0n) is 27.4. The molecule has 0 unspecified atom stereocenters. The number of benzene rings is 1. The smallest absolute Gasteiger partial charge is 0.387 e. The summed E-state index contributed by atoms with van der Waals surface area (Å²) in [5.74, 6) is -4.48. The zero-order valence-corrected chi connectivity index (χ0v) is 29.7. The first kappa shape index (κ1) is 39.3. The van der Waals surface area contributed by atoms with Gasteiger partial charge in [0.1, 0.15) is 27.6 Å². The molecule has 0 spiro atoms. The monoisotopic (exact) mass is 775 g/mol. The Morgan fingerprint density at radius 2 is 1.75 bits per heavy atom. The van der Waals surface area contributed by atoms with Crippen molar-refractivity contribution in [3.63, 3.8) is 0 Å². The summed E-state index contributed by atoms with van der Waals surface area (Å²) in [4.78, 5) is 41.6. The highest BCUT2D eigenvalue weighted by Crippen LogP contribution is 2.38. The third-order valence-electron chi connectivity index (χ3n) is 6.75. The summed E-state index contributed by atoms with van der Waals surface area (Å²) in [5, 5.41) is 11.7. The lowest BCUT2D eigenvalue weighted by Gasteiger charge is -2.21. The van der Waals surface area contributed by atoms with Gasteiger partial charge in [-0.25, -0.2) is 23.0 Å². The number of nitrogens with zero attached hydrogens (tertiary/aromatic N) is 2. The van der Waals surface area contributed by atoms with Gasteiger partial charge in [0.2, 0.25) is 10.0 Å². The van der Waals surface area contributed by atoms with Crippen molar-refractivity contribution < 1.29 is 60.0 Å². The number of carbonyl (C=O) groups is 3. The van der Waals surface area contributed by atoms with E-state index in [1.54, 1.807) is 20.8 Å². The van der Waals surface area contributed by atoms with Crippen LogP contribution in [0.25, 0.3) is 0 Å². The van der Waals surface area contributed by atoms with E-state index in [1.165, 1.54) is 24.3 Å². The molecule has 1 fully saturated rings. The minimum Gasteiger partial charge on any atom is -0.619 e. The van der Waals surface area contributed by atoms with E-state index in [0.717, 1.165) is 37.5 Å². The van der Waals surface area contributed by atoms with Gasteiger partial charge in [0.25, 0.3) is 0 Å². The normalized spacial score (nSPS) is 13.6. The van der Waals surface area contributed by atoms with E-state index in [-0.39, 0.29) is 63.0 Å². The second-order valence-electron chi connectivity index (χ2n) is 12.3. The summed E-state index contributed by atoms with van der Waals surface area (Å²) in [5.41, 5.74) is -0.663. The van der Waals surface area contributed by atoms with Crippen LogP contribution in [0.15, 0.2) is 48.9 Å². The molecule has 2 heterocycles. The van der Waals surface area contributed by atoms with Gasteiger partial charge in [0, 0.05) is 18.2 Å². The van der Waals surface area contributed by atoms with Crippen LogP contribution >= 0.6 is 23.2 Å². The third kappa shape index (κ3) is 12.7. The first-order valence-corrected chi connectivity index (χ1v) is 17.6. The fourth-order valence-electron chi connectivity index (χ4n) is 4.40. The van der Waals surface area contributed by atoms with Gasteiger partial charge in [-0.15, -0.1) is 0 Å². The number of alkyl halides is 2. The number of aromatic nitrogens is 2. The van der Waals surface area contributed by atoms with Crippen LogP contribution in [0.5, 0.6) is 11.5 Å². The molecule has 276 valence electrons. The van der Waals surface area contributed by atoms with Crippen LogP contribution in [0, 0.1) is 11.1 Å². The summed E-state index contributed by atoms with van der Waals surface area (Å²) in [6.07, 6.45) is 3.58. The molecule has 0 bridgehead atoms. The Labute approximate surface area is 301 Å². The van der Waals surface area contributed by atoms with Gasteiger partial charge < -0.3 is 28.9 Å². The number of rotatable bonds is 16. The maximum atomic E-state index is 13.1. The highest BCUT2D eigenvalue weighted by Gasteiger charge is 2.28. The molecule has 0 amide bonds. The fourth-order valence-corrected chi connectivity index (χ4v) is 5.87. The lowest BCUT2D eigenvalue weighted by molar-refractivity contribution is -0.605. The number of hydrogen-bond donors (Lipinski definition) is 1. The average Bonchev–Trinajstić information content (AvgIpc) is 3.83. The molecule has 0 saturated heterocycles. The van der Waals surface area contributed by atoms with Gasteiger partial charge in [0.05, 0.1) is 12.2 Å². The number of pyridine rings is 2. The van der Waals surface area contributed by atoms with Gasteiger partial charge in [-0.2, -0.15) is 13.5 Å². The van der Waals surface area contributed by atoms with Crippen molar-refractivity contribution in [3.8, 4) is 11.5 Å². The minimum absolute atomic E-state index is 0.0370. The molecule has 3 aromatic rings. The molecule has 1 aliphatic rings. The number of anilines is 1. The molecule has 19 heteroatoms. The first-order chi connectivity index (χ1) is 23.9. The number of ether oxygens (including phenoxy) is 5. The molecule has 1 saturated carbocycles. The van der Waals surface area contributed by atoms with E-state index in [1.807, 2.05) is 0 Å². The van der Waals surface area contributed by atoms with Crippen molar-refractivity contribution in [2.45, 2.75) is 58.4 Å². The molecule has 1 N–H and O–H groups in total. The Bertz CT molecular complexity index is 1850. The summed E-state index contributed by atoms with van der Waals surface area (Å²) in [6.45, 7) is 0.892. The van der Waals surface area contributed by atoms with Crippen molar-refractivity contribution in [1.29, 1.82) is 0 Å². The Morgan fingerprint density at radius 1 is 1.06 bits per heavy atom. The molecule has 0 radical (unpaired) electrons. The van der Waals surface area contributed by atoms with Crippen LogP contribution in [-0.2, 0) is 40.2 Å². The van der Waals surface area contributed by atoms with Gasteiger partial charge >= 0.3 is 24.5 Å². The van der Waals surface area contributed by atoms with Crippen molar-refractivity contribution in [1.82, 2.24) is 4.98 Å². The molecule has 14 nitrogen and oxygen atoms in total. The van der Waals surface area contributed by atoms with Crippen LogP contribution < -0.4 is 18.9 Å². The van der Waals surface area contributed by atoms with Crippen LogP contribution in [0.4, 0.5) is 14.6 Å². The Balaban J connectivity index is 1.48. The fraction of sp³-hybridized carbons (Fsp3) is 0.406. The Kier molecular flexibility index (Phi) is 12.9. The van der Waals surface area contributed by atoms with Crippen LogP contribution in [0.1, 0.15) is 61.2 Å². The molecule has 2 aromatic heterocycles. The van der Waals surface area contributed by atoms with E-state index >= 15 is 0 Å². The third-order valence-corrected chi connectivity index (χ3v) is 8.54. The number of carbonyl (C=O) groups excluding carboxylic acids is 3. The predicted octanol–water partition coefficient (Wildman–Crippen LogP) is 5.18. The number of halogens is 4. The van der Waals surface area contributed by atoms with E-state index in [4.69, 9.17) is 42.1 Å². The van der Waals surface area contributed by atoms with Gasteiger partial charge in [-0.1, -0.05) is 29.3 Å². The van der Waals surface area contributed by atoms with Crippen LogP contribution in [-0.4, -0.2) is 62.5 Å². The number of hydrogen-bond acceptors (Lipinski definition) is 12. The molecule has 1 atom stereocenters. The SMILES string of the molecule is CC(C)(C)OC(=O)CS(=O)(=O)Nc1cc(C(=O)OCC(=O)O[C@@H](Cc2c(Cl)c[n+]([O-])cc2Cl)c2ccc(OC(F)F)c(OCC3CC3)c2)ccn1. The largest absolute Gasteiger partial charge is 0.619 e. The quantitative estimate of drug-likeness (QED) is 0.0872. The van der Waals surface area contributed by atoms with Gasteiger partial charge in [0.15, 0.2) is 36.3 Å². The van der Waals surface area contributed by atoms with Crippen molar-refractivity contribution in [3.05, 3.63) is 80.9 Å². The van der Waals surface area contributed by atoms with Crippen LogP contribution in [0.3, 0.4) is 0 Å². The minimum atomic E-state index is -4.27. The second-order valence-corrected chi connectivity index (χ2v) is 14.8. The topological polar surface area (TPSA) is 183 Å². The van der Waals surface area contributed by atoms with Gasteiger partial charge in [-0.3, -0.25) is 9.52 Å². The van der Waals surface area contributed by atoms with E-state index in [2.05, 4.69) is 14.4 Å². The molecule has 1 aromatic carbocycles. The molecule has 0 aliphatic heterocycles. The van der Waals surface area contributed by atoms with Crippen molar-refractivity contribution in [2.75, 3.05) is 23.7 Å². The lowest BCUT2D eigenvalue weighted by Crippen LogP contribution is -2.31. The summed E-state index contributed by atoms with van der Waals surface area (Å²) in [7, 11) is -4.27. The van der Waals surface area contributed by atoms with Crippen molar-refractivity contribution in [2.24, 2.45) is 5.92 Å². The molecule has 4 rings (SSSR count). The summed E-state index contributed by atoms with van der Waals surface area (Å²) in [6, 6.07) is 6.14. The maximum Gasteiger partial charge on any atom is 0.387 e. The molecular formula is C32H33Cl2F2N3O11S. The Morgan fingerprint density at radius 3 is 2.37 bits per heavy atom. The standard InChI is InChI=1S/C32H33Cl2F2N3O11S/c1-32(2,3)50-29(41)17-51(44,45)38-27-11-20(8-9-37-27)30(42)47-16-28(40)48-25(12-21-22(33)13-39(43)14-23(21)34)19-6-7-24(49-31(35)36)26(10-19)46-15-18-4-5-18/h6-11,13-14,18,25,31H,4-5,12,15-17H2,1-3H3,(H,37,38)/t25-/m0/s1. The molecule has 1 aliphatic carbocycles. The first-order valence-electron chi connectivity index (χ1n) is 15.2.